The highest BCUT2D eigenvalue weighted by Gasteiger charge is 2.27. The number of hydrogen-bond acceptors (Lipinski definition) is 6. The number of rotatable bonds is 8. The van der Waals surface area contributed by atoms with Crippen molar-refractivity contribution < 1.29 is 4.79 Å². The van der Waals surface area contributed by atoms with Crippen molar-refractivity contribution in [3.63, 3.8) is 0 Å². The van der Waals surface area contributed by atoms with E-state index in [0.29, 0.717) is 17.0 Å². The molecule has 1 heterocycles. The lowest BCUT2D eigenvalue weighted by Crippen LogP contribution is -2.48. The molecule has 6 heteroatoms. The molecule has 1 aliphatic heterocycles. The van der Waals surface area contributed by atoms with Crippen LogP contribution in [0.5, 0.6) is 0 Å². The maximum absolute atomic E-state index is 12.9. The zero-order chi connectivity index (χ0) is 23.1. The second-order valence-corrected chi connectivity index (χ2v) is 8.44. The Bertz CT molecular complexity index is 862. The molecule has 1 saturated heterocycles. The van der Waals surface area contributed by atoms with Crippen LogP contribution in [0.2, 0.25) is 0 Å². The second kappa shape index (κ2) is 11.4. The highest BCUT2D eigenvalue weighted by Crippen LogP contribution is 2.25. The van der Waals surface area contributed by atoms with Gasteiger partial charge in [-0.15, -0.1) is 0 Å². The third-order valence-corrected chi connectivity index (χ3v) is 6.09. The minimum atomic E-state index is -0.0824. The Hall–Kier alpha value is -2.28. The van der Waals surface area contributed by atoms with Crippen molar-refractivity contribution in [2.75, 3.05) is 40.3 Å². The van der Waals surface area contributed by atoms with Crippen LogP contribution in [-0.4, -0.2) is 73.8 Å². The fourth-order valence-electron chi connectivity index (χ4n) is 3.95. The molecule has 0 aromatic heterocycles. The van der Waals surface area contributed by atoms with Crippen molar-refractivity contribution >= 4 is 11.5 Å². The quantitative estimate of drug-likeness (QED) is 0.381. The van der Waals surface area contributed by atoms with Crippen molar-refractivity contribution in [3.8, 4) is 0 Å². The van der Waals surface area contributed by atoms with Crippen LogP contribution in [0.4, 0.5) is 0 Å². The van der Waals surface area contributed by atoms with Gasteiger partial charge in [-0.1, -0.05) is 30.3 Å². The van der Waals surface area contributed by atoms with Gasteiger partial charge in [-0.3, -0.25) is 19.6 Å². The molecule has 0 amide bonds. The average molecular weight is 426 g/mol. The molecule has 2 atom stereocenters. The summed E-state index contributed by atoms with van der Waals surface area (Å²) in [6, 6.07) is 8.15. The normalized spacial score (nSPS) is 19.2. The molecule has 6 nitrogen and oxygen atoms in total. The van der Waals surface area contributed by atoms with Gasteiger partial charge in [-0.05, 0) is 59.9 Å². The van der Waals surface area contributed by atoms with Crippen LogP contribution >= 0.6 is 0 Å². The van der Waals surface area contributed by atoms with E-state index < -0.39 is 0 Å². The number of carbonyl (C=O) groups is 1. The summed E-state index contributed by atoms with van der Waals surface area (Å²) in [5.41, 5.74) is 11.5. The van der Waals surface area contributed by atoms with Gasteiger partial charge < -0.3 is 11.1 Å². The smallest absolute Gasteiger partial charge is 0.162 e. The van der Waals surface area contributed by atoms with Crippen molar-refractivity contribution in [2.45, 2.75) is 46.8 Å². The summed E-state index contributed by atoms with van der Waals surface area (Å²) >= 11 is 0. The van der Waals surface area contributed by atoms with Crippen molar-refractivity contribution in [1.82, 2.24) is 15.1 Å². The first-order chi connectivity index (χ1) is 14.7. The molecule has 0 spiro atoms. The van der Waals surface area contributed by atoms with E-state index in [2.05, 4.69) is 17.1 Å². The standard InChI is InChI=1S/C25H39N5O/c1-8-21(18(3)30-15-13-27-14-16-30)23(19(4)31)24(26)25(28-20(5)29(6)7)22-12-10-9-11-17(22)2/h8-12,18,20,27H,13-16,26H2,1-7H3/b21-8+,24-23-,28-25?. The van der Waals surface area contributed by atoms with Gasteiger partial charge in [-0.2, -0.15) is 0 Å². The van der Waals surface area contributed by atoms with Gasteiger partial charge in [0, 0.05) is 43.4 Å². The molecule has 170 valence electrons. The number of aryl methyl sites for hydroxylation is 1. The first kappa shape index (κ1) is 25.0. The van der Waals surface area contributed by atoms with E-state index in [0.717, 1.165) is 42.9 Å². The highest BCUT2D eigenvalue weighted by molar-refractivity contribution is 6.18. The van der Waals surface area contributed by atoms with Crippen LogP contribution in [0.15, 0.2) is 52.2 Å². The monoisotopic (exact) mass is 425 g/mol. The SMILES string of the molecule is C/C=C(/C(C(C)=O)=C(\N)C(=NC(C)N(C)C)c1ccccc1C)C(C)N1CCNCC1. The molecule has 3 N–H and O–H groups in total. The van der Waals surface area contributed by atoms with Crippen molar-refractivity contribution in [1.29, 1.82) is 0 Å². The van der Waals surface area contributed by atoms with E-state index in [1.807, 2.05) is 70.1 Å². The number of Topliss-reactive ketones (excluding diaryl/α,β-unsaturated/α-hetero) is 1. The molecule has 2 unspecified atom stereocenters. The summed E-state index contributed by atoms with van der Waals surface area (Å²) in [4.78, 5) is 22.3. The summed E-state index contributed by atoms with van der Waals surface area (Å²) in [5, 5.41) is 3.39. The molecule has 1 fully saturated rings. The maximum atomic E-state index is 12.9. The molecule has 0 saturated carbocycles. The topological polar surface area (TPSA) is 74.0 Å². The van der Waals surface area contributed by atoms with Crippen LogP contribution in [0.1, 0.15) is 38.8 Å². The highest BCUT2D eigenvalue weighted by atomic mass is 16.1. The van der Waals surface area contributed by atoms with Gasteiger partial charge >= 0.3 is 0 Å². The van der Waals surface area contributed by atoms with Gasteiger partial charge in [-0.25, -0.2) is 0 Å². The van der Waals surface area contributed by atoms with Gasteiger partial charge in [0.25, 0.3) is 0 Å². The van der Waals surface area contributed by atoms with Crippen LogP contribution in [-0.2, 0) is 4.79 Å². The molecule has 1 aromatic rings. The number of nitrogens with zero attached hydrogens (tertiary/aromatic N) is 3. The minimum Gasteiger partial charge on any atom is -0.396 e. The van der Waals surface area contributed by atoms with Crippen molar-refractivity contribution in [3.05, 3.63) is 58.3 Å². The summed E-state index contributed by atoms with van der Waals surface area (Å²) in [6.45, 7) is 13.6. The van der Waals surface area contributed by atoms with E-state index in [1.54, 1.807) is 6.92 Å². The van der Waals surface area contributed by atoms with Gasteiger partial charge in [0.15, 0.2) is 5.78 Å². The first-order valence-electron chi connectivity index (χ1n) is 11.1. The van der Waals surface area contributed by atoms with Gasteiger partial charge in [0.2, 0.25) is 0 Å². The molecule has 0 bridgehead atoms. The van der Waals surface area contributed by atoms with Gasteiger partial charge in [0.05, 0.1) is 17.6 Å². The Labute approximate surface area is 187 Å². The van der Waals surface area contributed by atoms with E-state index in [9.17, 15) is 4.79 Å². The number of aliphatic imine (C=N–C) groups is 1. The van der Waals surface area contributed by atoms with Crippen LogP contribution in [0, 0.1) is 6.92 Å². The molecule has 0 aliphatic carbocycles. The summed E-state index contributed by atoms with van der Waals surface area (Å²) in [6.07, 6.45) is 1.95. The fraction of sp³-hybridized carbons (Fsp3) is 0.520. The number of nitrogens with one attached hydrogen (secondary N) is 1. The molecule has 0 radical (unpaired) electrons. The molecular weight excluding hydrogens is 386 g/mol. The Balaban J connectivity index is 2.66. The molecule has 31 heavy (non-hydrogen) atoms. The molecule has 2 rings (SSSR count). The number of allylic oxidation sites excluding steroid dienone is 2. The zero-order valence-electron chi connectivity index (χ0n) is 20.2. The van der Waals surface area contributed by atoms with Crippen LogP contribution in [0.25, 0.3) is 0 Å². The number of hydrogen-bond donors (Lipinski definition) is 2. The number of nitrogens with two attached hydrogens (primary N) is 1. The zero-order valence-corrected chi connectivity index (χ0v) is 20.2. The van der Waals surface area contributed by atoms with Crippen LogP contribution < -0.4 is 11.1 Å². The fourth-order valence-corrected chi connectivity index (χ4v) is 3.95. The molecule has 1 aliphatic rings. The predicted molar refractivity (Wildman–Crippen MR) is 130 cm³/mol. The third kappa shape index (κ3) is 6.12. The van der Waals surface area contributed by atoms with E-state index >= 15 is 0 Å². The molecular formula is C25H39N5O. The summed E-state index contributed by atoms with van der Waals surface area (Å²) < 4.78 is 0. The minimum absolute atomic E-state index is 0.0358. The number of benzene rings is 1. The number of piperazine rings is 1. The van der Waals surface area contributed by atoms with E-state index in [4.69, 9.17) is 10.7 Å². The lowest BCUT2D eigenvalue weighted by atomic mass is 9.89. The predicted octanol–water partition coefficient (Wildman–Crippen LogP) is 2.73. The molecule has 1 aromatic carbocycles. The lowest BCUT2D eigenvalue weighted by molar-refractivity contribution is -0.113. The Kier molecular flexibility index (Phi) is 9.16. The summed E-state index contributed by atoms with van der Waals surface area (Å²) in [7, 11) is 3.97. The average Bonchev–Trinajstić information content (AvgIpc) is 2.75. The van der Waals surface area contributed by atoms with E-state index in [-0.39, 0.29) is 18.0 Å². The lowest BCUT2D eigenvalue weighted by Gasteiger charge is -2.35. The van der Waals surface area contributed by atoms with E-state index in [1.165, 1.54) is 0 Å². The number of carbonyl (C=O) groups excluding carboxylic acids is 1. The van der Waals surface area contributed by atoms with Gasteiger partial charge in [0.1, 0.15) is 0 Å². The number of ketones is 1. The Morgan fingerprint density at radius 1 is 1.23 bits per heavy atom. The van der Waals surface area contributed by atoms with Crippen molar-refractivity contribution in [2.24, 2.45) is 10.7 Å². The first-order valence-corrected chi connectivity index (χ1v) is 11.1. The third-order valence-electron chi connectivity index (χ3n) is 6.09. The Morgan fingerprint density at radius 2 is 1.84 bits per heavy atom. The Morgan fingerprint density at radius 3 is 2.35 bits per heavy atom. The maximum Gasteiger partial charge on any atom is 0.162 e. The van der Waals surface area contributed by atoms with Crippen LogP contribution in [0.3, 0.4) is 0 Å². The largest absolute Gasteiger partial charge is 0.396 e. The summed E-state index contributed by atoms with van der Waals surface area (Å²) in [5.74, 6) is -0.0358. The second-order valence-electron chi connectivity index (χ2n) is 8.44.